The van der Waals surface area contributed by atoms with Gasteiger partial charge in [-0.1, -0.05) is 29.8 Å². The highest BCUT2D eigenvalue weighted by molar-refractivity contribution is 7.92. The van der Waals surface area contributed by atoms with E-state index in [9.17, 15) is 18.0 Å². The summed E-state index contributed by atoms with van der Waals surface area (Å²) in [5.41, 5.74) is 2.94. The predicted molar refractivity (Wildman–Crippen MR) is 139 cm³/mol. The summed E-state index contributed by atoms with van der Waals surface area (Å²) in [5, 5.41) is 2.71. The largest absolute Gasteiger partial charge is 0.378 e. The SMILES string of the molecule is Cc1cc(C)cc(NS(=O)(=O)c2cc(C(=O)Nc3ccccc3C(=O)N3CCOCC3)ccc2Cl)c1. The van der Waals surface area contributed by atoms with Crippen LogP contribution in [-0.2, 0) is 14.8 Å². The van der Waals surface area contributed by atoms with Crippen LogP contribution in [0.5, 0.6) is 0 Å². The molecule has 0 spiro atoms. The molecule has 188 valence electrons. The van der Waals surface area contributed by atoms with Gasteiger partial charge in [-0.15, -0.1) is 0 Å². The summed E-state index contributed by atoms with van der Waals surface area (Å²) in [7, 11) is -4.08. The van der Waals surface area contributed by atoms with Crippen LogP contribution in [0.25, 0.3) is 0 Å². The van der Waals surface area contributed by atoms with E-state index in [2.05, 4.69) is 10.0 Å². The van der Waals surface area contributed by atoms with Gasteiger partial charge >= 0.3 is 0 Å². The van der Waals surface area contributed by atoms with Gasteiger partial charge in [-0.25, -0.2) is 8.42 Å². The van der Waals surface area contributed by atoms with Crippen LogP contribution in [0.15, 0.2) is 65.6 Å². The number of carbonyl (C=O) groups excluding carboxylic acids is 2. The summed E-state index contributed by atoms with van der Waals surface area (Å²) in [4.78, 5) is 27.5. The Bertz CT molecular complexity index is 1400. The standard InChI is InChI=1S/C26H26ClN3O5S/c1-17-13-18(2)15-20(14-17)29-36(33,34)24-16-19(7-8-22(24)27)25(31)28-23-6-4-3-5-21(23)26(32)30-9-11-35-12-10-30/h3-8,13-16,29H,9-12H2,1-2H3,(H,28,31). The highest BCUT2D eigenvalue weighted by Gasteiger charge is 2.24. The number of benzene rings is 3. The molecular formula is C26H26ClN3O5S. The Morgan fingerprint density at radius 1 is 0.944 bits per heavy atom. The first kappa shape index (κ1) is 25.7. The molecule has 1 aliphatic rings. The van der Waals surface area contributed by atoms with Crippen molar-refractivity contribution < 1.29 is 22.7 Å². The lowest BCUT2D eigenvalue weighted by molar-refractivity contribution is 0.0303. The number of aryl methyl sites for hydroxylation is 2. The summed E-state index contributed by atoms with van der Waals surface area (Å²) in [5.74, 6) is -0.789. The number of hydrogen-bond acceptors (Lipinski definition) is 5. The quantitative estimate of drug-likeness (QED) is 0.491. The van der Waals surface area contributed by atoms with Crippen LogP contribution in [0.2, 0.25) is 5.02 Å². The molecular weight excluding hydrogens is 502 g/mol. The van der Waals surface area contributed by atoms with E-state index in [0.29, 0.717) is 43.2 Å². The second-order valence-corrected chi connectivity index (χ2v) is 10.6. The third-order valence-electron chi connectivity index (χ3n) is 5.66. The lowest BCUT2D eigenvalue weighted by Crippen LogP contribution is -2.41. The van der Waals surface area contributed by atoms with Crippen molar-refractivity contribution in [2.45, 2.75) is 18.7 Å². The maximum Gasteiger partial charge on any atom is 0.263 e. The summed E-state index contributed by atoms with van der Waals surface area (Å²) < 4.78 is 34.1. The number of ether oxygens (including phenoxy) is 1. The van der Waals surface area contributed by atoms with E-state index in [0.717, 1.165) is 11.1 Å². The zero-order valence-electron chi connectivity index (χ0n) is 19.9. The molecule has 3 aromatic rings. The van der Waals surface area contributed by atoms with Crippen molar-refractivity contribution >= 4 is 44.8 Å². The Morgan fingerprint density at radius 3 is 2.31 bits per heavy atom. The van der Waals surface area contributed by atoms with Gasteiger partial charge in [0.1, 0.15) is 4.90 Å². The van der Waals surface area contributed by atoms with Crippen LogP contribution in [0.4, 0.5) is 11.4 Å². The molecule has 0 bridgehead atoms. The minimum Gasteiger partial charge on any atom is -0.378 e. The fourth-order valence-electron chi connectivity index (χ4n) is 4.00. The number of anilines is 2. The van der Waals surface area contributed by atoms with Crippen LogP contribution < -0.4 is 10.0 Å². The van der Waals surface area contributed by atoms with Crippen LogP contribution in [0.3, 0.4) is 0 Å². The van der Waals surface area contributed by atoms with Crippen LogP contribution >= 0.6 is 11.6 Å². The third kappa shape index (κ3) is 5.87. The topological polar surface area (TPSA) is 105 Å². The van der Waals surface area contributed by atoms with Crippen molar-refractivity contribution in [3.8, 4) is 0 Å². The van der Waals surface area contributed by atoms with E-state index < -0.39 is 15.9 Å². The molecule has 0 radical (unpaired) electrons. The van der Waals surface area contributed by atoms with Gasteiger partial charge in [0.25, 0.3) is 21.8 Å². The molecule has 1 fully saturated rings. The van der Waals surface area contributed by atoms with Gasteiger partial charge in [-0.2, -0.15) is 0 Å². The highest BCUT2D eigenvalue weighted by Crippen LogP contribution is 2.27. The summed E-state index contributed by atoms with van der Waals surface area (Å²) in [6.07, 6.45) is 0. The maximum absolute atomic E-state index is 13.1. The molecule has 1 aliphatic heterocycles. The Balaban J connectivity index is 1.58. The number of amides is 2. The number of hydrogen-bond donors (Lipinski definition) is 2. The van der Waals surface area contributed by atoms with Gasteiger partial charge in [0.05, 0.1) is 29.5 Å². The number of sulfonamides is 1. The van der Waals surface area contributed by atoms with Crippen molar-refractivity contribution in [2.75, 3.05) is 36.3 Å². The van der Waals surface area contributed by atoms with Crippen LogP contribution in [0, 0.1) is 13.8 Å². The highest BCUT2D eigenvalue weighted by atomic mass is 35.5. The van der Waals surface area contributed by atoms with Crippen molar-refractivity contribution in [1.29, 1.82) is 0 Å². The Labute approximate surface area is 215 Å². The first-order valence-corrected chi connectivity index (χ1v) is 13.2. The predicted octanol–water partition coefficient (Wildman–Crippen LogP) is 4.48. The average Bonchev–Trinajstić information content (AvgIpc) is 2.83. The minimum absolute atomic E-state index is 0.0219. The monoisotopic (exact) mass is 527 g/mol. The van der Waals surface area contributed by atoms with E-state index in [1.807, 2.05) is 19.9 Å². The third-order valence-corrected chi connectivity index (χ3v) is 7.52. The van der Waals surface area contributed by atoms with Gasteiger partial charge in [-0.3, -0.25) is 14.3 Å². The van der Waals surface area contributed by atoms with E-state index in [-0.39, 0.29) is 21.4 Å². The maximum atomic E-state index is 13.1. The van der Waals surface area contributed by atoms with Crippen molar-refractivity contribution in [2.24, 2.45) is 0 Å². The fourth-order valence-corrected chi connectivity index (χ4v) is 5.57. The Hall–Kier alpha value is -3.40. The molecule has 0 aliphatic carbocycles. The molecule has 0 saturated carbocycles. The second-order valence-electron chi connectivity index (χ2n) is 8.53. The van der Waals surface area contributed by atoms with E-state index in [1.54, 1.807) is 41.3 Å². The fraction of sp³-hybridized carbons (Fsp3) is 0.231. The number of para-hydroxylation sites is 1. The number of morpholine rings is 1. The Kier molecular flexibility index (Phi) is 7.63. The number of halogens is 1. The van der Waals surface area contributed by atoms with Crippen LogP contribution in [-0.4, -0.2) is 51.4 Å². The van der Waals surface area contributed by atoms with Crippen molar-refractivity contribution in [3.05, 3.63) is 87.9 Å². The molecule has 36 heavy (non-hydrogen) atoms. The van der Waals surface area contributed by atoms with Gasteiger partial charge in [0, 0.05) is 24.3 Å². The van der Waals surface area contributed by atoms with Crippen molar-refractivity contribution in [3.63, 3.8) is 0 Å². The zero-order chi connectivity index (χ0) is 25.9. The smallest absolute Gasteiger partial charge is 0.263 e. The molecule has 4 rings (SSSR count). The molecule has 0 atom stereocenters. The number of nitrogens with one attached hydrogen (secondary N) is 2. The molecule has 10 heteroatoms. The van der Waals surface area contributed by atoms with Gasteiger partial charge in [0.15, 0.2) is 0 Å². The summed E-state index contributed by atoms with van der Waals surface area (Å²) >= 11 is 6.22. The molecule has 3 aromatic carbocycles. The number of nitrogens with zero attached hydrogens (tertiary/aromatic N) is 1. The first-order valence-electron chi connectivity index (χ1n) is 11.3. The van der Waals surface area contributed by atoms with Crippen molar-refractivity contribution in [1.82, 2.24) is 4.90 Å². The zero-order valence-corrected chi connectivity index (χ0v) is 21.4. The molecule has 0 aromatic heterocycles. The lowest BCUT2D eigenvalue weighted by atomic mass is 10.1. The molecule has 1 heterocycles. The van der Waals surface area contributed by atoms with E-state index >= 15 is 0 Å². The average molecular weight is 528 g/mol. The first-order chi connectivity index (χ1) is 17.1. The molecule has 2 amide bonds. The van der Waals surface area contributed by atoms with E-state index in [4.69, 9.17) is 16.3 Å². The molecule has 1 saturated heterocycles. The molecule has 8 nitrogen and oxygen atoms in total. The number of carbonyl (C=O) groups is 2. The van der Waals surface area contributed by atoms with E-state index in [1.165, 1.54) is 18.2 Å². The normalized spacial score (nSPS) is 13.8. The minimum atomic E-state index is -4.08. The number of rotatable bonds is 6. The van der Waals surface area contributed by atoms with Gasteiger partial charge < -0.3 is 15.0 Å². The van der Waals surface area contributed by atoms with Crippen LogP contribution in [0.1, 0.15) is 31.8 Å². The Morgan fingerprint density at radius 2 is 1.61 bits per heavy atom. The van der Waals surface area contributed by atoms with Gasteiger partial charge in [-0.05, 0) is 67.4 Å². The molecule has 2 N–H and O–H groups in total. The summed E-state index contributed by atoms with van der Waals surface area (Å²) in [6, 6.07) is 16.0. The second kappa shape index (κ2) is 10.7. The summed E-state index contributed by atoms with van der Waals surface area (Å²) in [6.45, 7) is 5.58. The van der Waals surface area contributed by atoms with Gasteiger partial charge in [0.2, 0.25) is 0 Å². The molecule has 0 unspecified atom stereocenters. The lowest BCUT2D eigenvalue weighted by Gasteiger charge is -2.27.